The average molecular weight is 335 g/mol. The first-order valence-electron chi connectivity index (χ1n) is 6.35. The van der Waals surface area contributed by atoms with Gasteiger partial charge in [-0.25, -0.2) is 8.42 Å². The van der Waals surface area contributed by atoms with Gasteiger partial charge in [0.05, 0.1) is 11.5 Å². The highest BCUT2D eigenvalue weighted by atomic mass is 79.9. The summed E-state index contributed by atoms with van der Waals surface area (Å²) in [5.41, 5.74) is 0.758. The van der Waals surface area contributed by atoms with Crippen LogP contribution in [0.15, 0.2) is 10.8 Å². The van der Waals surface area contributed by atoms with E-state index < -0.39 is 9.84 Å². The molecule has 0 atom stereocenters. The molecule has 0 bridgehead atoms. The molecule has 0 aromatic carbocycles. The molecule has 2 rings (SSSR count). The number of aryl methyl sites for hydroxylation is 1. The van der Waals surface area contributed by atoms with Crippen LogP contribution < -0.4 is 0 Å². The Labute approximate surface area is 117 Å². The topological polar surface area (TPSA) is 52.0 Å². The predicted octanol–water partition coefficient (Wildman–Crippen LogP) is 2.68. The zero-order valence-electron chi connectivity index (χ0n) is 10.6. The van der Waals surface area contributed by atoms with Crippen LogP contribution in [-0.4, -0.2) is 24.0 Å². The first-order valence-corrected chi connectivity index (χ1v) is 8.96. The third-order valence-electron chi connectivity index (χ3n) is 3.44. The summed E-state index contributed by atoms with van der Waals surface area (Å²) < 4.78 is 26.6. The van der Waals surface area contributed by atoms with Crippen LogP contribution in [0.3, 0.4) is 0 Å². The fourth-order valence-electron chi connectivity index (χ4n) is 2.62. The maximum Gasteiger partial charge on any atom is 0.154 e. The Hall–Kier alpha value is -0.360. The summed E-state index contributed by atoms with van der Waals surface area (Å²) in [7, 11) is -1.23. The predicted molar refractivity (Wildman–Crippen MR) is 75.0 cm³/mol. The van der Waals surface area contributed by atoms with Crippen molar-refractivity contribution in [2.75, 3.05) is 5.75 Å². The summed E-state index contributed by atoms with van der Waals surface area (Å²) in [6, 6.07) is 0. The highest BCUT2D eigenvalue weighted by molar-refractivity contribution is 9.10. The number of sulfone groups is 1. The molecule has 102 valence electrons. The molecule has 0 saturated heterocycles. The lowest BCUT2D eigenvalue weighted by atomic mass is 9.91. The van der Waals surface area contributed by atoms with E-state index >= 15 is 0 Å². The zero-order chi connectivity index (χ0) is 13.2. The number of hydrogen-bond acceptors (Lipinski definition) is 3. The van der Waals surface area contributed by atoms with E-state index in [1.165, 1.54) is 19.3 Å². The molecular weight excluding hydrogens is 316 g/mol. The van der Waals surface area contributed by atoms with E-state index in [0.29, 0.717) is 16.3 Å². The van der Waals surface area contributed by atoms with Gasteiger partial charge in [0.2, 0.25) is 0 Å². The zero-order valence-corrected chi connectivity index (χ0v) is 13.0. The SMILES string of the molecule is Cn1cc(CS(=O)(=O)CC2CCCCC2)c(Br)n1. The second-order valence-corrected chi connectivity index (χ2v) is 8.04. The molecule has 1 heterocycles. The Morgan fingerprint density at radius 1 is 1.39 bits per heavy atom. The monoisotopic (exact) mass is 334 g/mol. The molecule has 0 aliphatic heterocycles. The van der Waals surface area contributed by atoms with Crippen molar-refractivity contribution in [3.8, 4) is 0 Å². The summed E-state index contributed by atoms with van der Waals surface area (Å²) in [6.07, 6.45) is 7.50. The second-order valence-electron chi connectivity index (χ2n) is 5.18. The first kappa shape index (κ1) is 14.1. The molecular formula is C12H19BrN2O2S. The molecule has 0 unspecified atom stereocenters. The fourth-order valence-corrected chi connectivity index (χ4v) is 5.15. The molecule has 1 aliphatic rings. The number of aromatic nitrogens is 2. The van der Waals surface area contributed by atoms with Crippen molar-refractivity contribution < 1.29 is 8.42 Å². The highest BCUT2D eigenvalue weighted by Gasteiger charge is 2.23. The van der Waals surface area contributed by atoms with Crippen molar-refractivity contribution in [1.29, 1.82) is 0 Å². The van der Waals surface area contributed by atoms with Crippen LogP contribution in [0.2, 0.25) is 0 Å². The van der Waals surface area contributed by atoms with E-state index in [2.05, 4.69) is 21.0 Å². The molecule has 0 spiro atoms. The van der Waals surface area contributed by atoms with E-state index in [1.807, 2.05) is 0 Å². The third kappa shape index (κ3) is 3.82. The molecule has 1 aromatic heterocycles. The van der Waals surface area contributed by atoms with Gasteiger partial charge >= 0.3 is 0 Å². The second kappa shape index (κ2) is 5.74. The normalized spacial score (nSPS) is 18.1. The highest BCUT2D eigenvalue weighted by Crippen LogP contribution is 2.26. The largest absolute Gasteiger partial charge is 0.274 e. The van der Waals surface area contributed by atoms with Gasteiger partial charge < -0.3 is 0 Å². The van der Waals surface area contributed by atoms with E-state index in [-0.39, 0.29) is 5.75 Å². The van der Waals surface area contributed by atoms with E-state index in [1.54, 1.807) is 17.9 Å². The van der Waals surface area contributed by atoms with Crippen LogP contribution >= 0.6 is 15.9 Å². The standard InChI is InChI=1S/C12H19BrN2O2S/c1-15-7-11(12(13)14-15)9-18(16,17)8-10-5-3-2-4-6-10/h7,10H,2-6,8-9H2,1H3. The first-order chi connectivity index (χ1) is 8.46. The molecule has 18 heavy (non-hydrogen) atoms. The lowest BCUT2D eigenvalue weighted by Crippen LogP contribution is -2.20. The van der Waals surface area contributed by atoms with Gasteiger partial charge in [-0.05, 0) is 34.7 Å². The lowest BCUT2D eigenvalue weighted by Gasteiger charge is -2.21. The quantitative estimate of drug-likeness (QED) is 0.850. The van der Waals surface area contributed by atoms with Gasteiger partial charge in [-0.2, -0.15) is 5.10 Å². The van der Waals surface area contributed by atoms with Gasteiger partial charge in [0.1, 0.15) is 4.60 Å². The summed E-state index contributed by atoms with van der Waals surface area (Å²) in [6.45, 7) is 0. The van der Waals surface area contributed by atoms with Crippen molar-refractivity contribution in [3.05, 3.63) is 16.4 Å². The molecule has 1 aromatic rings. The van der Waals surface area contributed by atoms with Crippen LogP contribution in [0.1, 0.15) is 37.7 Å². The van der Waals surface area contributed by atoms with Crippen molar-refractivity contribution in [1.82, 2.24) is 9.78 Å². The Balaban J connectivity index is 2.00. The molecule has 1 fully saturated rings. The van der Waals surface area contributed by atoms with Crippen molar-refractivity contribution in [2.24, 2.45) is 13.0 Å². The van der Waals surface area contributed by atoms with Crippen LogP contribution in [0.5, 0.6) is 0 Å². The van der Waals surface area contributed by atoms with Crippen molar-refractivity contribution >= 4 is 25.8 Å². The summed E-state index contributed by atoms with van der Waals surface area (Å²) in [4.78, 5) is 0. The maximum atomic E-state index is 12.2. The number of rotatable bonds is 4. The minimum absolute atomic E-state index is 0.0952. The number of halogens is 1. The fraction of sp³-hybridized carbons (Fsp3) is 0.750. The summed E-state index contributed by atoms with van der Waals surface area (Å²) in [5, 5.41) is 4.11. The van der Waals surface area contributed by atoms with Crippen molar-refractivity contribution in [2.45, 2.75) is 37.9 Å². The molecule has 0 amide bonds. The summed E-state index contributed by atoms with van der Waals surface area (Å²) >= 11 is 3.30. The maximum absolute atomic E-state index is 12.2. The number of nitrogens with zero attached hydrogens (tertiary/aromatic N) is 2. The van der Waals surface area contributed by atoms with Gasteiger partial charge in [0.15, 0.2) is 9.84 Å². The van der Waals surface area contributed by atoms with Crippen LogP contribution in [0, 0.1) is 5.92 Å². The number of hydrogen-bond donors (Lipinski definition) is 0. The van der Waals surface area contributed by atoms with Gasteiger partial charge in [0, 0.05) is 18.8 Å². The molecule has 4 nitrogen and oxygen atoms in total. The Morgan fingerprint density at radius 2 is 2.06 bits per heavy atom. The molecule has 6 heteroatoms. The third-order valence-corrected chi connectivity index (χ3v) is 5.84. The van der Waals surface area contributed by atoms with E-state index in [4.69, 9.17) is 0 Å². The Morgan fingerprint density at radius 3 is 2.61 bits per heavy atom. The Bertz CT molecular complexity index is 504. The molecule has 1 saturated carbocycles. The smallest absolute Gasteiger partial charge is 0.154 e. The van der Waals surface area contributed by atoms with E-state index in [0.717, 1.165) is 18.4 Å². The van der Waals surface area contributed by atoms with Crippen LogP contribution in [0.4, 0.5) is 0 Å². The average Bonchev–Trinajstić information content (AvgIpc) is 2.57. The molecule has 0 radical (unpaired) electrons. The van der Waals surface area contributed by atoms with E-state index in [9.17, 15) is 8.42 Å². The molecule has 0 N–H and O–H groups in total. The Kier molecular flexibility index (Phi) is 4.48. The van der Waals surface area contributed by atoms with Crippen LogP contribution in [0.25, 0.3) is 0 Å². The van der Waals surface area contributed by atoms with Gasteiger partial charge in [0.25, 0.3) is 0 Å². The molecule has 1 aliphatic carbocycles. The van der Waals surface area contributed by atoms with Gasteiger partial charge in [-0.1, -0.05) is 19.3 Å². The van der Waals surface area contributed by atoms with Gasteiger partial charge in [-0.3, -0.25) is 4.68 Å². The summed E-state index contributed by atoms with van der Waals surface area (Å²) in [5.74, 6) is 0.783. The lowest BCUT2D eigenvalue weighted by molar-refractivity contribution is 0.385. The van der Waals surface area contributed by atoms with Crippen molar-refractivity contribution in [3.63, 3.8) is 0 Å². The minimum Gasteiger partial charge on any atom is -0.274 e. The minimum atomic E-state index is -3.03. The van der Waals surface area contributed by atoms with Gasteiger partial charge in [-0.15, -0.1) is 0 Å². The van der Waals surface area contributed by atoms with Crippen LogP contribution in [-0.2, 0) is 22.6 Å².